The number of esters is 1. The van der Waals surface area contributed by atoms with Crippen molar-refractivity contribution in [3.8, 4) is 11.5 Å². The third-order valence-corrected chi connectivity index (χ3v) is 4.43. The first kappa shape index (κ1) is 24.0. The van der Waals surface area contributed by atoms with Crippen molar-refractivity contribution < 1.29 is 28.9 Å². The zero-order valence-corrected chi connectivity index (χ0v) is 18.1. The average Bonchev–Trinajstić information content (AvgIpc) is 2.75. The number of methoxy groups -OCH3 is 1. The second kappa shape index (κ2) is 12.4. The smallest absolute Gasteiger partial charge is 0.331 e. The van der Waals surface area contributed by atoms with Gasteiger partial charge in [0.15, 0.2) is 0 Å². The van der Waals surface area contributed by atoms with E-state index in [-0.39, 0.29) is 6.61 Å². The van der Waals surface area contributed by atoms with Crippen molar-refractivity contribution in [1.82, 2.24) is 4.90 Å². The Morgan fingerprint density at radius 2 is 1.84 bits per heavy atom. The molecule has 7 heteroatoms. The lowest BCUT2D eigenvalue weighted by Gasteiger charge is -2.22. The Hall–Kier alpha value is -3.32. The maximum atomic E-state index is 11.9. The molecule has 2 aromatic rings. The molecule has 0 spiro atoms. The Balaban J connectivity index is 2.01. The molecule has 0 saturated heterocycles. The molecule has 0 aromatic heterocycles. The highest BCUT2D eigenvalue weighted by Crippen LogP contribution is 2.22. The third-order valence-electron chi connectivity index (χ3n) is 4.43. The van der Waals surface area contributed by atoms with Gasteiger partial charge < -0.3 is 24.2 Å². The van der Waals surface area contributed by atoms with Crippen LogP contribution in [0.15, 0.2) is 60.7 Å². The van der Waals surface area contributed by atoms with Crippen LogP contribution in [0.25, 0.3) is 0 Å². The number of carboxylic acids is 1. The van der Waals surface area contributed by atoms with Gasteiger partial charge in [0.2, 0.25) is 0 Å². The van der Waals surface area contributed by atoms with E-state index in [0.29, 0.717) is 6.54 Å². The number of likely N-dealkylation sites (N-methyl/N-ethyl adjacent to an activating group) is 1. The van der Waals surface area contributed by atoms with E-state index in [1.165, 1.54) is 5.56 Å². The summed E-state index contributed by atoms with van der Waals surface area (Å²) in [6, 6.07) is 15.7. The number of ether oxygens (including phenoxy) is 3. The Bertz CT molecular complexity index is 893. The summed E-state index contributed by atoms with van der Waals surface area (Å²) in [4.78, 5) is 24.3. The van der Waals surface area contributed by atoms with E-state index in [4.69, 9.17) is 19.3 Å². The molecule has 0 heterocycles. The van der Waals surface area contributed by atoms with E-state index in [1.807, 2.05) is 61.5 Å². The highest BCUT2D eigenvalue weighted by Gasteiger charge is 2.16. The van der Waals surface area contributed by atoms with E-state index >= 15 is 0 Å². The SMILES string of the molecule is COc1cccc(CCc2ccccc2OC[C@H](CN(C)C)OC(=O)/C=C/C(=O)O)c1. The number of benzene rings is 2. The molecule has 166 valence electrons. The first-order valence-electron chi connectivity index (χ1n) is 9.97. The van der Waals surface area contributed by atoms with E-state index in [0.717, 1.165) is 42.1 Å². The van der Waals surface area contributed by atoms with Crippen molar-refractivity contribution in [2.45, 2.75) is 18.9 Å². The van der Waals surface area contributed by atoms with E-state index in [2.05, 4.69) is 6.07 Å². The second-order valence-corrected chi connectivity index (χ2v) is 7.26. The molecule has 31 heavy (non-hydrogen) atoms. The number of nitrogens with zero attached hydrogens (tertiary/aromatic N) is 1. The molecule has 1 atom stereocenters. The molecule has 0 radical (unpaired) electrons. The van der Waals surface area contributed by atoms with Gasteiger partial charge in [-0.05, 0) is 56.3 Å². The minimum Gasteiger partial charge on any atom is -0.497 e. The van der Waals surface area contributed by atoms with E-state index in [1.54, 1.807) is 7.11 Å². The van der Waals surface area contributed by atoms with Crippen LogP contribution in [-0.4, -0.2) is 62.4 Å². The van der Waals surface area contributed by atoms with Crippen LogP contribution in [0.2, 0.25) is 0 Å². The van der Waals surface area contributed by atoms with Crippen LogP contribution in [0, 0.1) is 0 Å². The summed E-state index contributed by atoms with van der Waals surface area (Å²) >= 11 is 0. The number of carboxylic acid groups (broad SMARTS) is 1. The van der Waals surface area contributed by atoms with Crippen molar-refractivity contribution in [2.75, 3.05) is 34.4 Å². The van der Waals surface area contributed by atoms with Gasteiger partial charge >= 0.3 is 11.9 Å². The number of hydrogen-bond acceptors (Lipinski definition) is 6. The molecule has 0 amide bonds. The van der Waals surface area contributed by atoms with Gasteiger partial charge in [-0.1, -0.05) is 30.3 Å². The zero-order chi connectivity index (χ0) is 22.6. The Morgan fingerprint density at radius 3 is 2.55 bits per heavy atom. The van der Waals surface area contributed by atoms with E-state index in [9.17, 15) is 9.59 Å². The highest BCUT2D eigenvalue weighted by molar-refractivity contribution is 5.90. The van der Waals surface area contributed by atoms with Gasteiger partial charge in [-0.25, -0.2) is 9.59 Å². The van der Waals surface area contributed by atoms with Gasteiger partial charge in [-0.3, -0.25) is 0 Å². The number of hydrogen-bond donors (Lipinski definition) is 1. The summed E-state index contributed by atoms with van der Waals surface area (Å²) in [5.41, 5.74) is 2.21. The third kappa shape index (κ3) is 8.92. The largest absolute Gasteiger partial charge is 0.497 e. The minimum atomic E-state index is -1.21. The molecule has 0 aliphatic rings. The number of carbonyl (C=O) groups excluding carboxylic acids is 1. The molecule has 0 fully saturated rings. The summed E-state index contributed by atoms with van der Waals surface area (Å²) < 4.78 is 16.6. The molecule has 0 aliphatic heterocycles. The Morgan fingerprint density at radius 1 is 1.06 bits per heavy atom. The lowest BCUT2D eigenvalue weighted by atomic mass is 10.0. The monoisotopic (exact) mass is 427 g/mol. The number of carbonyl (C=O) groups is 2. The van der Waals surface area contributed by atoms with E-state index < -0.39 is 18.0 Å². The summed E-state index contributed by atoms with van der Waals surface area (Å²) in [5, 5.41) is 8.65. The maximum absolute atomic E-state index is 11.9. The summed E-state index contributed by atoms with van der Waals surface area (Å²) in [6.07, 6.45) is 2.71. The van der Waals surface area contributed by atoms with Gasteiger partial charge in [0.25, 0.3) is 0 Å². The minimum absolute atomic E-state index is 0.154. The number of rotatable bonds is 12. The number of aliphatic carboxylic acids is 1. The van der Waals surface area contributed by atoms with Crippen molar-refractivity contribution in [2.24, 2.45) is 0 Å². The van der Waals surface area contributed by atoms with Gasteiger partial charge in [0.05, 0.1) is 7.11 Å². The van der Waals surface area contributed by atoms with Gasteiger partial charge in [0.1, 0.15) is 24.2 Å². The van der Waals surface area contributed by atoms with Crippen LogP contribution < -0.4 is 9.47 Å². The van der Waals surface area contributed by atoms with Gasteiger partial charge in [-0.15, -0.1) is 0 Å². The summed E-state index contributed by atoms with van der Waals surface area (Å²) in [5.74, 6) is -0.370. The van der Waals surface area contributed by atoms with Crippen LogP contribution in [-0.2, 0) is 27.2 Å². The maximum Gasteiger partial charge on any atom is 0.331 e. The number of aryl methyl sites for hydroxylation is 2. The Kier molecular flexibility index (Phi) is 9.58. The van der Waals surface area contributed by atoms with Gasteiger partial charge in [0, 0.05) is 18.7 Å². The van der Waals surface area contributed by atoms with Crippen molar-refractivity contribution in [1.29, 1.82) is 0 Å². The van der Waals surface area contributed by atoms with Crippen molar-refractivity contribution in [3.63, 3.8) is 0 Å². The topological polar surface area (TPSA) is 85.3 Å². The summed E-state index contributed by atoms with van der Waals surface area (Å²) in [7, 11) is 5.36. The normalized spacial score (nSPS) is 12.0. The zero-order valence-electron chi connectivity index (χ0n) is 18.1. The fraction of sp³-hybridized carbons (Fsp3) is 0.333. The standard InChI is InChI=1S/C24H29NO6/c1-25(2)16-21(31-24(28)14-13-23(26)27)17-30-22-10-5-4-8-19(22)12-11-18-7-6-9-20(15-18)29-3/h4-10,13-15,21H,11-12,16-17H2,1-3H3,(H,26,27)/b14-13+/t21-/m0/s1. The van der Waals surface area contributed by atoms with Crippen LogP contribution in [0.4, 0.5) is 0 Å². The lowest BCUT2D eigenvalue weighted by molar-refractivity contribution is -0.145. The van der Waals surface area contributed by atoms with Crippen molar-refractivity contribution in [3.05, 3.63) is 71.8 Å². The summed E-state index contributed by atoms with van der Waals surface area (Å²) in [6.45, 7) is 0.597. The molecule has 0 aliphatic carbocycles. The highest BCUT2D eigenvalue weighted by atomic mass is 16.6. The second-order valence-electron chi connectivity index (χ2n) is 7.26. The number of para-hydroxylation sites is 1. The molecule has 2 rings (SSSR count). The first-order valence-corrected chi connectivity index (χ1v) is 9.97. The molecule has 0 bridgehead atoms. The van der Waals surface area contributed by atoms with Crippen LogP contribution in [0.5, 0.6) is 11.5 Å². The molecular weight excluding hydrogens is 398 g/mol. The molecule has 7 nitrogen and oxygen atoms in total. The first-order chi connectivity index (χ1) is 14.9. The molecule has 0 saturated carbocycles. The predicted octanol–water partition coefficient (Wildman–Crippen LogP) is 2.97. The quantitative estimate of drug-likeness (QED) is 0.412. The fourth-order valence-corrected chi connectivity index (χ4v) is 3.02. The molecular formula is C24H29NO6. The Labute approximate surface area is 182 Å². The average molecular weight is 427 g/mol. The van der Waals surface area contributed by atoms with Gasteiger partial charge in [-0.2, -0.15) is 0 Å². The predicted molar refractivity (Wildman–Crippen MR) is 118 cm³/mol. The lowest BCUT2D eigenvalue weighted by Crippen LogP contribution is -2.34. The van der Waals surface area contributed by atoms with Crippen molar-refractivity contribution >= 4 is 11.9 Å². The van der Waals surface area contributed by atoms with Crippen LogP contribution >= 0.6 is 0 Å². The molecule has 1 N–H and O–H groups in total. The fourth-order valence-electron chi connectivity index (χ4n) is 3.02. The molecule has 0 unspecified atom stereocenters. The van der Waals surface area contributed by atoms with Crippen LogP contribution in [0.3, 0.4) is 0 Å². The molecule has 2 aromatic carbocycles. The van der Waals surface area contributed by atoms with Crippen LogP contribution in [0.1, 0.15) is 11.1 Å².